The summed E-state index contributed by atoms with van der Waals surface area (Å²) in [7, 11) is 1.93. The maximum Gasteiger partial charge on any atom is 0.419 e. The second-order valence-electron chi connectivity index (χ2n) is 7.32. The average Bonchev–Trinajstić information content (AvgIpc) is 2.71. The van der Waals surface area contributed by atoms with Crippen LogP contribution in [0.2, 0.25) is 0 Å². The second-order valence-corrected chi connectivity index (χ2v) is 7.32. The van der Waals surface area contributed by atoms with Crippen molar-refractivity contribution in [3.63, 3.8) is 0 Å². The molecule has 1 aromatic carbocycles. The molecule has 2 atom stereocenters. The number of likely N-dealkylation sites (N-methyl/N-ethyl adjacent to an activating group) is 1. The van der Waals surface area contributed by atoms with Gasteiger partial charge >= 0.3 is 6.09 Å². The molecule has 0 aliphatic carbocycles. The van der Waals surface area contributed by atoms with Crippen molar-refractivity contribution in [2.75, 3.05) is 29.9 Å². The lowest BCUT2D eigenvalue weighted by Gasteiger charge is -2.40. The van der Waals surface area contributed by atoms with Gasteiger partial charge in [0.25, 0.3) is 0 Å². The number of nitrogens with zero attached hydrogens (tertiary/aromatic N) is 3. The summed E-state index contributed by atoms with van der Waals surface area (Å²) in [4.78, 5) is 32.6. The lowest BCUT2D eigenvalue weighted by Crippen LogP contribution is -2.52. The van der Waals surface area contributed by atoms with E-state index in [0.29, 0.717) is 23.9 Å². The number of hydrogen-bond donors (Lipinski definition) is 1. The van der Waals surface area contributed by atoms with Crippen LogP contribution in [0.3, 0.4) is 0 Å². The maximum atomic E-state index is 13.0. The summed E-state index contributed by atoms with van der Waals surface area (Å²) in [5.74, 6) is 0.652. The van der Waals surface area contributed by atoms with Gasteiger partial charge in [0.05, 0.1) is 23.6 Å². The predicted octanol–water partition coefficient (Wildman–Crippen LogP) is 3.56. The zero-order valence-electron chi connectivity index (χ0n) is 17.4. The van der Waals surface area contributed by atoms with Crippen LogP contribution in [0.5, 0.6) is 5.75 Å². The summed E-state index contributed by atoms with van der Waals surface area (Å²) < 4.78 is 5.54. The van der Waals surface area contributed by atoms with Crippen molar-refractivity contribution in [2.24, 2.45) is 0 Å². The molecule has 1 N–H and O–H groups in total. The quantitative estimate of drug-likeness (QED) is 0.836. The first kappa shape index (κ1) is 20.8. The summed E-state index contributed by atoms with van der Waals surface area (Å²) in [6, 6.07) is 9.23. The minimum Gasteiger partial charge on any atom is -0.408 e. The van der Waals surface area contributed by atoms with Gasteiger partial charge in [0, 0.05) is 26.2 Å². The van der Waals surface area contributed by atoms with Crippen molar-refractivity contribution in [1.29, 1.82) is 0 Å². The van der Waals surface area contributed by atoms with E-state index in [-0.39, 0.29) is 11.9 Å². The van der Waals surface area contributed by atoms with Gasteiger partial charge in [-0.15, -0.1) is 0 Å². The molecule has 7 nitrogen and oxygen atoms in total. The van der Waals surface area contributed by atoms with E-state index in [1.807, 2.05) is 32.2 Å². The summed E-state index contributed by atoms with van der Waals surface area (Å²) >= 11 is 0. The molecule has 7 heteroatoms. The third kappa shape index (κ3) is 4.40. The van der Waals surface area contributed by atoms with Crippen LogP contribution in [0.4, 0.5) is 16.2 Å². The van der Waals surface area contributed by atoms with Crippen LogP contribution in [0.25, 0.3) is 0 Å². The average molecular weight is 396 g/mol. The Labute approximate surface area is 171 Å². The minimum atomic E-state index is -0.479. The van der Waals surface area contributed by atoms with Crippen LogP contribution in [-0.2, 0) is 4.79 Å². The van der Waals surface area contributed by atoms with E-state index in [0.717, 1.165) is 24.2 Å². The Bertz CT molecular complexity index is 872. The highest BCUT2D eigenvalue weighted by molar-refractivity contribution is 6.02. The van der Waals surface area contributed by atoms with Crippen LogP contribution in [0.15, 0.2) is 42.7 Å². The minimum absolute atomic E-state index is 0.0472. The fraction of sp³-hybridized carbons (Fsp3) is 0.409. The van der Waals surface area contributed by atoms with Crippen molar-refractivity contribution < 1.29 is 14.3 Å². The third-order valence-electron chi connectivity index (χ3n) is 5.25. The lowest BCUT2D eigenvalue weighted by atomic mass is 9.94. The van der Waals surface area contributed by atoms with Gasteiger partial charge in [-0.1, -0.05) is 13.0 Å². The molecule has 0 bridgehead atoms. The highest BCUT2D eigenvalue weighted by atomic mass is 16.6. The van der Waals surface area contributed by atoms with Crippen LogP contribution in [0.1, 0.15) is 38.7 Å². The number of carbonyl (C=O) groups is 2. The number of anilines is 2. The molecule has 2 heterocycles. The Balaban J connectivity index is 2.01. The number of amides is 2. The Morgan fingerprint density at radius 3 is 2.72 bits per heavy atom. The van der Waals surface area contributed by atoms with E-state index in [1.54, 1.807) is 35.1 Å². The van der Waals surface area contributed by atoms with E-state index in [4.69, 9.17) is 4.74 Å². The number of carbonyl (C=O) groups excluding carboxylic acids is 2. The molecule has 2 unspecified atom stereocenters. The van der Waals surface area contributed by atoms with Gasteiger partial charge in [-0.2, -0.15) is 0 Å². The molecule has 0 saturated carbocycles. The molecule has 1 aromatic heterocycles. The molecule has 0 spiro atoms. The fourth-order valence-corrected chi connectivity index (χ4v) is 3.86. The van der Waals surface area contributed by atoms with Gasteiger partial charge in [-0.05, 0) is 56.1 Å². The Morgan fingerprint density at radius 2 is 2.10 bits per heavy atom. The van der Waals surface area contributed by atoms with Crippen molar-refractivity contribution in [2.45, 2.75) is 39.2 Å². The van der Waals surface area contributed by atoms with E-state index in [1.165, 1.54) is 6.20 Å². The lowest BCUT2D eigenvalue weighted by molar-refractivity contribution is -0.117. The number of aromatic nitrogens is 1. The molecule has 0 saturated heterocycles. The largest absolute Gasteiger partial charge is 0.419 e. The predicted molar refractivity (Wildman–Crippen MR) is 114 cm³/mol. The monoisotopic (exact) mass is 396 g/mol. The van der Waals surface area contributed by atoms with Gasteiger partial charge in [0.1, 0.15) is 0 Å². The molecule has 2 aromatic rings. The van der Waals surface area contributed by atoms with Crippen molar-refractivity contribution in [3.05, 3.63) is 48.3 Å². The zero-order valence-corrected chi connectivity index (χ0v) is 17.4. The summed E-state index contributed by atoms with van der Waals surface area (Å²) in [6.07, 6.45) is 3.62. The van der Waals surface area contributed by atoms with Crippen molar-refractivity contribution in [1.82, 2.24) is 10.3 Å². The van der Waals surface area contributed by atoms with Crippen LogP contribution >= 0.6 is 0 Å². The normalized spacial score (nSPS) is 16.9. The number of pyridine rings is 1. The SMILES string of the molecule is CCC(CNC)c1ccc2c(c1)N(C(=O)Oc1cccnc1)CC(C)N2C(C)=O. The van der Waals surface area contributed by atoms with Crippen molar-refractivity contribution in [3.8, 4) is 5.75 Å². The highest BCUT2D eigenvalue weighted by Gasteiger charge is 2.35. The van der Waals surface area contributed by atoms with E-state index < -0.39 is 6.09 Å². The smallest absolute Gasteiger partial charge is 0.408 e. The topological polar surface area (TPSA) is 74.8 Å². The number of ether oxygens (including phenoxy) is 1. The third-order valence-corrected chi connectivity index (χ3v) is 5.25. The molecule has 0 radical (unpaired) electrons. The van der Waals surface area contributed by atoms with Gasteiger partial charge in [0.2, 0.25) is 5.91 Å². The van der Waals surface area contributed by atoms with Gasteiger partial charge in [-0.25, -0.2) is 4.79 Å². The van der Waals surface area contributed by atoms with Gasteiger partial charge in [0.15, 0.2) is 5.75 Å². The van der Waals surface area contributed by atoms with Gasteiger partial charge in [-0.3, -0.25) is 14.7 Å². The first-order valence-corrected chi connectivity index (χ1v) is 9.94. The Hall–Kier alpha value is -2.93. The number of nitrogens with one attached hydrogen (secondary N) is 1. The molecular formula is C22H28N4O3. The first-order chi connectivity index (χ1) is 14.0. The number of hydrogen-bond acceptors (Lipinski definition) is 5. The number of fused-ring (bicyclic) bond motifs is 1. The molecule has 1 aliphatic rings. The van der Waals surface area contributed by atoms with Gasteiger partial charge < -0.3 is 15.0 Å². The zero-order chi connectivity index (χ0) is 21.0. The Morgan fingerprint density at radius 1 is 1.31 bits per heavy atom. The summed E-state index contributed by atoms with van der Waals surface area (Å²) in [6.45, 7) is 6.81. The molecule has 2 amide bonds. The molecule has 1 aliphatic heterocycles. The van der Waals surface area contributed by atoms with Crippen LogP contribution < -0.4 is 19.9 Å². The standard InChI is InChI=1S/C22H28N4O3/c1-5-17(12-23-4)18-8-9-20-21(11-18)25(14-15(2)26(20)16(3)27)22(28)29-19-7-6-10-24-13-19/h6-11,13,15,17,23H,5,12,14H2,1-4H3. The molecular weight excluding hydrogens is 368 g/mol. The van der Waals surface area contributed by atoms with Crippen LogP contribution in [-0.4, -0.2) is 43.2 Å². The van der Waals surface area contributed by atoms with E-state index in [9.17, 15) is 9.59 Å². The fourth-order valence-electron chi connectivity index (χ4n) is 3.86. The number of rotatable bonds is 5. The van der Waals surface area contributed by atoms with E-state index >= 15 is 0 Å². The summed E-state index contributed by atoms with van der Waals surface area (Å²) in [5.41, 5.74) is 2.54. The van der Waals surface area contributed by atoms with Crippen molar-refractivity contribution >= 4 is 23.4 Å². The van der Waals surface area contributed by atoms with E-state index in [2.05, 4.69) is 17.2 Å². The Kier molecular flexibility index (Phi) is 6.49. The maximum absolute atomic E-state index is 13.0. The van der Waals surface area contributed by atoms with Crippen LogP contribution in [0, 0.1) is 0 Å². The first-order valence-electron chi connectivity index (χ1n) is 9.94. The number of benzene rings is 1. The second kappa shape index (κ2) is 9.05. The molecule has 0 fully saturated rings. The molecule has 29 heavy (non-hydrogen) atoms. The highest BCUT2D eigenvalue weighted by Crippen LogP contribution is 2.38. The summed E-state index contributed by atoms with van der Waals surface area (Å²) in [5, 5.41) is 3.22. The molecule has 154 valence electrons. The molecule has 3 rings (SSSR count).